The summed E-state index contributed by atoms with van der Waals surface area (Å²) in [5.41, 5.74) is 6.17. The van der Waals surface area contributed by atoms with Crippen molar-refractivity contribution in [3.05, 3.63) is 35.9 Å². The third kappa shape index (κ3) is 14.6. The number of nitrogens with two attached hydrogens (primary N) is 1. The van der Waals surface area contributed by atoms with Gasteiger partial charge in [0.15, 0.2) is 0 Å². The zero-order valence-electron chi connectivity index (χ0n) is 26.8. The quantitative estimate of drug-likeness (QED) is 0.0684. The van der Waals surface area contributed by atoms with Gasteiger partial charge in [-0.1, -0.05) is 44.2 Å². The number of carbonyl (C=O) groups excluding carboxylic acids is 5. The molecule has 5 amide bonds. The standard InChI is InChI=1S/C30H46N6O11/c1-15(2)12-22(30(46)47)35-28(44)21(13-18-8-6-5-7-9-18)34-25(41)16(3)32-27(43)20(10-11-37)33-29(45)24(17(4)38)36-26(42)19(31)14-23(39)40/h5-9,15-17,19-22,24,37-38H,10-14,31H2,1-4H3,(H,32,43)(H,33,45)(H,34,41)(H,35,44)(H,36,42)(H,39,40)(H,46,47)/t16-,17+,19-,20-,21-,22-,24-/m0/s1. The normalized spacial score (nSPS) is 15.5. The second-order valence-corrected chi connectivity index (χ2v) is 11.5. The van der Waals surface area contributed by atoms with Crippen LogP contribution in [0.3, 0.4) is 0 Å². The Morgan fingerprint density at radius 2 is 1.28 bits per heavy atom. The van der Waals surface area contributed by atoms with E-state index in [1.54, 1.807) is 44.2 Å². The number of aliphatic hydroxyl groups is 2. The lowest BCUT2D eigenvalue weighted by atomic mass is 10.0. The molecule has 1 aromatic rings. The Bertz CT molecular complexity index is 1240. The van der Waals surface area contributed by atoms with Crippen molar-refractivity contribution in [3.8, 4) is 0 Å². The van der Waals surface area contributed by atoms with E-state index in [1.807, 2.05) is 0 Å². The number of aliphatic carboxylic acids is 2. The highest BCUT2D eigenvalue weighted by Crippen LogP contribution is 2.08. The van der Waals surface area contributed by atoms with Crippen LogP contribution in [-0.2, 0) is 40.0 Å². The number of carbonyl (C=O) groups is 7. The fourth-order valence-corrected chi connectivity index (χ4v) is 4.31. The molecule has 1 rings (SSSR count). The minimum atomic E-state index is -1.65. The fourth-order valence-electron chi connectivity index (χ4n) is 4.31. The SMILES string of the molecule is CC(C)C[C@H](NC(=O)[C@H](Cc1ccccc1)NC(=O)[C@H](C)NC(=O)[C@H](CCO)NC(=O)[C@@H](NC(=O)[C@@H](N)CC(=O)O)[C@@H](C)O)C(=O)O. The fraction of sp³-hybridized carbons (Fsp3) is 0.567. The smallest absolute Gasteiger partial charge is 0.326 e. The third-order valence-corrected chi connectivity index (χ3v) is 6.83. The van der Waals surface area contributed by atoms with Crippen LogP contribution in [0.1, 0.15) is 52.5 Å². The van der Waals surface area contributed by atoms with Gasteiger partial charge in [-0.15, -0.1) is 0 Å². The van der Waals surface area contributed by atoms with Crippen LogP contribution in [-0.4, -0.2) is 111 Å². The maximum absolute atomic E-state index is 13.2. The summed E-state index contributed by atoms with van der Waals surface area (Å²) in [6.07, 6.45) is -2.45. The highest BCUT2D eigenvalue weighted by molar-refractivity contribution is 5.96. The van der Waals surface area contributed by atoms with Crippen molar-refractivity contribution in [2.75, 3.05) is 6.61 Å². The Labute approximate surface area is 272 Å². The number of aliphatic hydroxyl groups excluding tert-OH is 2. The van der Waals surface area contributed by atoms with E-state index in [0.717, 1.165) is 6.92 Å². The number of rotatable bonds is 20. The maximum atomic E-state index is 13.2. The minimum Gasteiger partial charge on any atom is -0.481 e. The summed E-state index contributed by atoms with van der Waals surface area (Å²) in [5, 5.41) is 49.7. The van der Waals surface area contributed by atoms with Gasteiger partial charge in [-0.25, -0.2) is 4.79 Å². The molecule has 0 aliphatic rings. The van der Waals surface area contributed by atoms with Crippen molar-refractivity contribution >= 4 is 41.5 Å². The van der Waals surface area contributed by atoms with Crippen LogP contribution < -0.4 is 32.3 Å². The maximum Gasteiger partial charge on any atom is 0.326 e. The van der Waals surface area contributed by atoms with E-state index in [-0.39, 0.29) is 25.2 Å². The molecule has 17 heteroatoms. The van der Waals surface area contributed by atoms with Crippen LogP contribution in [0.2, 0.25) is 0 Å². The van der Waals surface area contributed by atoms with E-state index in [9.17, 15) is 48.9 Å². The zero-order valence-corrected chi connectivity index (χ0v) is 26.8. The number of amides is 5. The number of hydrogen-bond acceptors (Lipinski definition) is 10. The molecule has 0 fully saturated rings. The van der Waals surface area contributed by atoms with Crippen molar-refractivity contribution in [3.63, 3.8) is 0 Å². The van der Waals surface area contributed by atoms with Crippen molar-refractivity contribution < 1.29 is 54.0 Å². The summed E-state index contributed by atoms with van der Waals surface area (Å²) in [6, 6.07) is 0.262. The lowest BCUT2D eigenvalue weighted by Crippen LogP contribution is -2.60. The van der Waals surface area contributed by atoms with Gasteiger partial charge in [0.1, 0.15) is 30.2 Å². The van der Waals surface area contributed by atoms with Gasteiger partial charge in [0, 0.05) is 13.0 Å². The highest BCUT2D eigenvalue weighted by Gasteiger charge is 2.33. The number of benzene rings is 1. The van der Waals surface area contributed by atoms with Crippen LogP contribution in [0.4, 0.5) is 0 Å². The first-order valence-electron chi connectivity index (χ1n) is 15.0. The van der Waals surface area contributed by atoms with Crippen molar-refractivity contribution in [1.29, 1.82) is 0 Å². The first-order valence-corrected chi connectivity index (χ1v) is 15.0. The molecule has 262 valence electrons. The molecule has 0 unspecified atom stereocenters. The van der Waals surface area contributed by atoms with Gasteiger partial charge in [-0.2, -0.15) is 0 Å². The molecule has 0 saturated heterocycles. The monoisotopic (exact) mass is 666 g/mol. The number of carboxylic acid groups (broad SMARTS) is 2. The Hall–Kier alpha value is -4.61. The lowest BCUT2D eigenvalue weighted by molar-refractivity contribution is -0.142. The topological polar surface area (TPSA) is 287 Å². The van der Waals surface area contributed by atoms with E-state index in [2.05, 4.69) is 26.6 Å². The Kier molecular flexibility index (Phi) is 17.0. The molecule has 0 saturated carbocycles. The van der Waals surface area contributed by atoms with Gasteiger partial charge >= 0.3 is 11.9 Å². The first kappa shape index (κ1) is 40.4. The molecule has 0 spiro atoms. The highest BCUT2D eigenvalue weighted by atomic mass is 16.4. The van der Waals surface area contributed by atoms with Crippen LogP contribution in [0.5, 0.6) is 0 Å². The average Bonchev–Trinajstić information content (AvgIpc) is 2.98. The Morgan fingerprint density at radius 3 is 1.79 bits per heavy atom. The Balaban J connectivity index is 3.05. The molecule has 11 N–H and O–H groups in total. The van der Waals surface area contributed by atoms with Gasteiger partial charge in [0.25, 0.3) is 0 Å². The van der Waals surface area contributed by atoms with Gasteiger partial charge in [-0.3, -0.25) is 28.8 Å². The summed E-state index contributed by atoms with van der Waals surface area (Å²) < 4.78 is 0. The molecule has 0 aliphatic heterocycles. The summed E-state index contributed by atoms with van der Waals surface area (Å²) in [7, 11) is 0. The molecular formula is C30H46N6O11. The lowest BCUT2D eigenvalue weighted by Gasteiger charge is -2.26. The average molecular weight is 667 g/mol. The minimum absolute atomic E-state index is 0.00112. The molecule has 0 aliphatic carbocycles. The van der Waals surface area contributed by atoms with E-state index in [0.29, 0.717) is 5.56 Å². The second-order valence-electron chi connectivity index (χ2n) is 11.5. The molecule has 17 nitrogen and oxygen atoms in total. The summed E-state index contributed by atoms with van der Waals surface area (Å²) in [4.78, 5) is 87.1. The van der Waals surface area contributed by atoms with Crippen molar-refractivity contribution in [1.82, 2.24) is 26.6 Å². The molecular weight excluding hydrogens is 620 g/mol. The van der Waals surface area contributed by atoms with E-state index < -0.39 is 96.9 Å². The molecule has 0 bridgehead atoms. The number of hydrogen-bond donors (Lipinski definition) is 10. The van der Waals surface area contributed by atoms with Gasteiger partial charge < -0.3 is 52.7 Å². The number of nitrogens with one attached hydrogen (secondary N) is 5. The summed E-state index contributed by atoms with van der Waals surface area (Å²) in [6.45, 7) is 5.45. The van der Waals surface area contributed by atoms with E-state index in [1.165, 1.54) is 6.92 Å². The third-order valence-electron chi connectivity index (χ3n) is 6.83. The van der Waals surface area contributed by atoms with Gasteiger partial charge in [-0.05, 0) is 38.2 Å². The Morgan fingerprint density at radius 1 is 0.723 bits per heavy atom. The largest absolute Gasteiger partial charge is 0.481 e. The van der Waals surface area contributed by atoms with E-state index >= 15 is 0 Å². The second kappa shape index (κ2) is 19.8. The molecule has 0 heterocycles. The summed E-state index contributed by atoms with van der Waals surface area (Å²) in [5.74, 6) is -7.27. The van der Waals surface area contributed by atoms with Crippen LogP contribution in [0.25, 0.3) is 0 Å². The number of carboxylic acids is 2. The molecule has 0 radical (unpaired) electrons. The van der Waals surface area contributed by atoms with Crippen molar-refractivity contribution in [2.45, 2.75) is 95.7 Å². The van der Waals surface area contributed by atoms with Gasteiger partial charge in [0.2, 0.25) is 29.5 Å². The van der Waals surface area contributed by atoms with Crippen molar-refractivity contribution in [2.24, 2.45) is 11.7 Å². The molecule has 47 heavy (non-hydrogen) atoms. The predicted molar refractivity (Wildman–Crippen MR) is 166 cm³/mol. The first-order chi connectivity index (χ1) is 22.0. The van der Waals surface area contributed by atoms with Crippen LogP contribution >= 0.6 is 0 Å². The van der Waals surface area contributed by atoms with Gasteiger partial charge in [0.05, 0.1) is 18.6 Å². The zero-order chi connectivity index (χ0) is 35.8. The summed E-state index contributed by atoms with van der Waals surface area (Å²) >= 11 is 0. The van der Waals surface area contributed by atoms with Crippen LogP contribution in [0.15, 0.2) is 30.3 Å². The van der Waals surface area contributed by atoms with Crippen LogP contribution in [0, 0.1) is 5.92 Å². The molecule has 0 aromatic heterocycles. The van der Waals surface area contributed by atoms with E-state index in [4.69, 9.17) is 10.8 Å². The molecule has 7 atom stereocenters. The predicted octanol–water partition coefficient (Wildman–Crippen LogP) is -2.63. The molecule has 1 aromatic carbocycles.